The molecule has 0 unspecified atom stereocenters. The predicted molar refractivity (Wildman–Crippen MR) is 78.6 cm³/mol. The smallest absolute Gasteiger partial charge is 0.426 e. The number of allylic oxidation sites excluding steroid dienone is 1. The van der Waals surface area contributed by atoms with Crippen molar-refractivity contribution in [1.82, 2.24) is 4.57 Å². The molecule has 140 valence electrons. The second kappa shape index (κ2) is 6.11. The lowest BCUT2D eigenvalue weighted by atomic mass is 10.1. The summed E-state index contributed by atoms with van der Waals surface area (Å²) < 4.78 is 66.2. The van der Waals surface area contributed by atoms with Crippen LogP contribution in [0.2, 0.25) is 0 Å². The Morgan fingerprint density at radius 3 is 2.33 bits per heavy atom. The highest BCUT2D eigenvalue weighted by atomic mass is 19.4. The Kier molecular flexibility index (Phi) is 4.17. The Hall–Kier alpha value is -3.37. The van der Waals surface area contributed by atoms with Gasteiger partial charge in [0.15, 0.2) is 12.1 Å². The Labute approximate surface area is 146 Å². The summed E-state index contributed by atoms with van der Waals surface area (Å²) in [6, 6.07) is 1.78. The number of aromatic hydroxyl groups is 1. The van der Waals surface area contributed by atoms with Gasteiger partial charge in [0.05, 0.1) is 0 Å². The van der Waals surface area contributed by atoms with Crippen LogP contribution < -0.4 is 10.1 Å². The molecule has 0 aliphatic carbocycles. The van der Waals surface area contributed by atoms with Crippen LogP contribution in [-0.2, 0) is 11.3 Å². The van der Waals surface area contributed by atoms with Crippen molar-refractivity contribution in [2.45, 2.75) is 12.7 Å². The second-order valence-corrected chi connectivity index (χ2v) is 5.53. The number of aromatic nitrogens is 2. The Bertz CT molecular complexity index is 1090. The summed E-state index contributed by atoms with van der Waals surface area (Å²) in [5, 5.41) is 10.2. The van der Waals surface area contributed by atoms with Crippen LogP contribution in [0.5, 0.6) is 5.88 Å². The van der Waals surface area contributed by atoms with Crippen LogP contribution in [-0.4, -0.2) is 27.5 Å². The summed E-state index contributed by atoms with van der Waals surface area (Å²) >= 11 is 0. The molecule has 0 amide bonds. The maximum Gasteiger partial charge on any atom is 0.426 e. The van der Waals surface area contributed by atoms with Gasteiger partial charge in [-0.3, -0.25) is 4.79 Å². The predicted octanol–water partition coefficient (Wildman–Crippen LogP) is 1.58. The van der Waals surface area contributed by atoms with E-state index in [1.165, 1.54) is 0 Å². The minimum absolute atomic E-state index is 0.103. The number of fused-ring (bicyclic) bond motifs is 1. The fourth-order valence-electron chi connectivity index (χ4n) is 2.63. The summed E-state index contributed by atoms with van der Waals surface area (Å²) in [4.78, 5) is 36.1. The highest BCUT2D eigenvalue weighted by Gasteiger charge is 2.41. The third kappa shape index (κ3) is 3.11. The van der Waals surface area contributed by atoms with Crippen LogP contribution in [0.1, 0.15) is 10.6 Å². The highest BCUT2D eigenvalue weighted by Crippen LogP contribution is 2.28. The first-order valence-corrected chi connectivity index (χ1v) is 7.22. The van der Waals surface area contributed by atoms with Gasteiger partial charge in [0, 0.05) is 23.8 Å². The fraction of sp³-hybridized carbons (Fsp3) is 0.125. The van der Waals surface area contributed by atoms with Crippen LogP contribution >= 0.6 is 0 Å². The summed E-state index contributed by atoms with van der Waals surface area (Å²) in [7, 11) is 0. The lowest BCUT2D eigenvalue weighted by molar-refractivity contribution is -0.728. The number of hydrogen-bond acceptors (Lipinski definition) is 4. The number of benzene rings is 1. The molecule has 0 atom stereocenters. The molecule has 1 N–H and O–H groups in total. The number of nitrogens with zero attached hydrogens (tertiary/aromatic N) is 2. The highest BCUT2D eigenvalue weighted by molar-refractivity contribution is 6.43. The molecular formula is C16H8F5N2O4+. The van der Waals surface area contributed by atoms with E-state index in [0.717, 1.165) is 12.1 Å². The van der Waals surface area contributed by atoms with Crippen molar-refractivity contribution >= 4 is 17.8 Å². The van der Waals surface area contributed by atoms with E-state index in [4.69, 9.17) is 0 Å². The SMILES string of the molecule is O=C1C=Cc2n(c(=O)c(-c3ccc(F)cc3F)c(O)[n+]2CC(F)(F)F)C1=O. The van der Waals surface area contributed by atoms with Crippen LogP contribution in [0, 0.1) is 11.6 Å². The molecule has 0 spiro atoms. The fourth-order valence-corrected chi connectivity index (χ4v) is 2.63. The molecule has 2 aromatic rings. The molecule has 0 radical (unpaired) electrons. The molecule has 0 saturated carbocycles. The van der Waals surface area contributed by atoms with Gasteiger partial charge in [-0.15, -0.1) is 4.57 Å². The van der Waals surface area contributed by atoms with E-state index in [-0.39, 0.29) is 9.13 Å². The van der Waals surface area contributed by atoms with Crippen molar-refractivity contribution in [3.8, 4) is 17.0 Å². The lowest BCUT2D eigenvalue weighted by Crippen LogP contribution is -2.52. The van der Waals surface area contributed by atoms with Gasteiger partial charge in [0.25, 0.3) is 17.5 Å². The largest absolute Gasteiger partial charge is 0.477 e. The first-order valence-electron chi connectivity index (χ1n) is 7.22. The van der Waals surface area contributed by atoms with Crippen molar-refractivity contribution in [3.63, 3.8) is 0 Å². The van der Waals surface area contributed by atoms with Gasteiger partial charge in [-0.25, -0.2) is 18.4 Å². The van der Waals surface area contributed by atoms with Gasteiger partial charge < -0.3 is 5.11 Å². The number of carbonyl (C=O) groups is 2. The summed E-state index contributed by atoms with van der Waals surface area (Å²) in [5.41, 5.74) is -3.17. The number of halogens is 5. The van der Waals surface area contributed by atoms with E-state index in [2.05, 4.69) is 0 Å². The van der Waals surface area contributed by atoms with Crippen LogP contribution in [0.3, 0.4) is 0 Å². The third-order valence-corrected chi connectivity index (χ3v) is 3.74. The zero-order chi connectivity index (χ0) is 20.1. The summed E-state index contributed by atoms with van der Waals surface area (Å²) in [6.07, 6.45) is -3.50. The first kappa shape index (κ1) is 18.4. The maximum atomic E-state index is 14.1. The molecule has 0 saturated heterocycles. The van der Waals surface area contributed by atoms with Gasteiger partial charge in [0.2, 0.25) is 0 Å². The van der Waals surface area contributed by atoms with Gasteiger partial charge in [-0.05, 0) is 12.1 Å². The Morgan fingerprint density at radius 2 is 1.74 bits per heavy atom. The van der Waals surface area contributed by atoms with Gasteiger partial charge in [0.1, 0.15) is 11.6 Å². The molecule has 1 aromatic carbocycles. The van der Waals surface area contributed by atoms with Crippen molar-refractivity contribution in [2.75, 3.05) is 0 Å². The Morgan fingerprint density at radius 1 is 1.07 bits per heavy atom. The van der Waals surface area contributed by atoms with Gasteiger partial charge >= 0.3 is 17.6 Å². The quantitative estimate of drug-likeness (QED) is 0.482. The number of carbonyl (C=O) groups excluding carboxylic acids is 2. The number of alkyl halides is 3. The normalized spacial score (nSPS) is 13.8. The topological polar surface area (TPSA) is 80.2 Å². The third-order valence-electron chi connectivity index (χ3n) is 3.74. The van der Waals surface area contributed by atoms with E-state index >= 15 is 0 Å². The first-order chi connectivity index (χ1) is 12.5. The Balaban J connectivity index is 2.44. The van der Waals surface area contributed by atoms with E-state index in [0.29, 0.717) is 18.2 Å². The van der Waals surface area contributed by atoms with Crippen LogP contribution in [0.25, 0.3) is 17.2 Å². The minimum atomic E-state index is -4.89. The van der Waals surface area contributed by atoms with Gasteiger partial charge in [-0.2, -0.15) is 17.7 Å². The molecule has 27 heavy (non-hydrogen) atoms. The monoisotopic (exact) mass is 387 g/mol. The molecular weight excluding hydrogens is 379 g/mol. The molecule has 0 fully saturated rings. The number of hydrogen-bond donors (Lipinski definition) is 1. The van der Waals surface area contributed by atoms with E-state index in [1.807, 2.05) is 0 Å². The summed E-state index contributed by atoms with van der Waals surface area (Å²) in [5.74, 6) is -7.07. The van der Waals surface area contributed by atoms with Crippen molar-refractivity contribution < 1.29 is 41.2 Å². The van der Waals surface area contributed by atoms with E-state index < -0.39 is 64.4 Å². The molecule has 1 aliphatic rings. The zero-order valence-electron chi connectivity index (χ0n) is 13.1. The van der Waals surface area contributed by atoms with Crippen LogP contribution in [0.4, 0.5) is 22.0 Å². The zero-order valence-corrected chi connectivity index (χ0v) is 13.1. The van der Waals surface area contributed by atoms with Crippen molar-refractivity contribution in [3.05, 3.63) is 52.1 Å². The standard InChI is InChI=1S/C16H7F5N2O4/c17-7-1-2-8(9(18)5-7)12-14(26)22(6-16(19,20)21)11-4-3-10(24)13(25)23(11)15(12)27/h1-5H,6H2/p+1. The average molecular weight is 387 g/mol. The molecule has 2 heterocycles. The molecule has 1 aromatic heterocycles. The van der Waals surface area contributed by atoms with Crippen LogP contribution in [0.15, 0.2) is 29.1 Å². The van der Waals surface area contributed by atoms with Crippen molar-refractivity contribution in [2.24, 2.45) is 0 Å². The lowest BCUT2D eigenvalue weighted by Gasteiger charge is -2.15. The second-order valence-electron chi connectivity index (χ2n) is 5.53. The minimum Gasteiger partial charge on any atom is -0.477 e. The average Bonchev–Trinajstić information content (AvgIpc) is 2.55. The maximum absolute atomic E-state index is 14.1. The van der Waals surface area contributed by atoms with E-state index in [9.17, 15) is 41.4 Å². The molecule has 3 rings (SSSR count). The summed E-state index contributed by atoms with van der Waals surface area (Å²) in [6.45, 7) is -1.84. The molecule has 0 bridgehead atoms. The molecule has 6 nitrogen and oxygen atoms in total. The van der Waals surface area contributed by atoms with Crippen molar-refractivity contribution in [1.29, 1.82) is 0 Å². The van der Waals surface area contributed by atoms with Gasteiger partial charge in [-0.1, -0.05) is 0 Å². The van der Waals surface area contributed by atoms with E-state index in [1.54, 1.807) is 0 Å². The number of ketones is 1. The molecule has 11 heteroatoms. The number of rotatable bonds is 2. The molecule has 1 aliphatic heterocycles.